The third-order valence-electron chi connectivity index (χ3n) is 5.90. The highest BCUT2D eigenvalue weighted by Gasteiger charge is 2.33. The van der Waals surface area contributed by atoms with E-state index < -0.39 is 11.1 Å². The molecule has 0 saturated carbocycles. The summed E-state index contributed by atoms with van der Waals surface area (Å²) in [7, 11) is 1.69. The molecule has 0 bridgehead atoms. The molecule has 34 heavy (non-hydrogen) atoms. The average Bonchev–Trinajstić information content (AvgIpc) is 2.83. The molecule has 1 saturated heterocycles. The summed E-state index contributed by atoms with van der Waals surface area (Å²) >= 11 is -2.14. The van der Waals surface area contributed by atoms with Gasteiger partial charge in [-0.05, 0) is 36.8 Å². The van der Waals surface area contributed by atoms with Crippen molar-refractivity contribution in [1.29, 1.82) is 5.26 Å². The van der Waals surface area contributed by atoms with E-state index >= 15 is 0 Å². The lowest BCUT2D eigenvalue weighted by atomic mass is 10.0. The molecule has 3 atom stereocenters. The summed E-state index contributed by atoms with van der Waals surface area (Å²) in [6, 6.07) is 14.0. The SMILES string of the molecule is CCO[C@H]1CN(c2cc(=O)n(C)c3ccc(C#N)nc23)CC[C@@H]1Oc1ccc(CS(=O)[O-])cc1. The zero-order valence-electron chi connectivity index (χ0n) is 19.0. The van der Waals surface area contributed by atoms with Gasteiger partial charge in [-0.25, -0.2) is 4.98 Å². The molecule has 1 aliphatic heterocycles. The van der Waals surface area contributed by atoms with Gasteiger partial charge in [0.25, 0.3) is 5.56 Å². The largest absolute Gasteiger partial charge is 0.772 e. The predicted molar refractivity (Wildman–Crippen MR) is 127 cm³/mol. The molecule has 1 unspecified atom stereocenters. The molecule has 2 aromatic heterocycles. The zero-order valence-corrected chi connectivity index (χ0v) is 19.8. The molecule has 0 radical (unpaired) electrons. The zero-order chi connectivity index (χ0) is 24.2. The van der Waals surface area contributed by atoms with Crippen molar-refractivity contribution in [3.8, 4) is 11.8 Å². The Bertz CT molecular complexity index is 1300. The number of aryl methyl sites for hydroxylation is 1. The number of ether oxygens (including phenoxy) is 2. The second kappa shape index (κ2) is 10.3. The highest BCUT2D eigenvalue weighted by atomic mass is 32.2. The first-order valence-corrected chi connectivity index (χ1v) is 12.2. The fraction of sp³-hybridized carbons (Fsp3) is 0.375. The molecule has 1 aliphatic rings. The summed E-state index contributed by atoms with van der Waals surface area (Å²) in [5, 5.41) is 9.31. The Morgan fingerprint density at radius 3 is 2.68 bits per heavy atom. The van der Waals surface area contributed by atoms with E-state index in [1.807, 2.05) is 6.92 Å². The Kier molecular flexibility index (Phi) is 7.26. The highest BCUT2D eigenvalue weighted by molar-refractivity contribution is 7.78. The van der Waals surface area contributed by atoms with E-state index in [9.17, 15) is 18.8 Å². The molecule has 10 heteroatoms. The van der Waals surface area contributed by atoms with Gasteiger partial charge >= 0.3 is 0 Å². The fourth-order valence-corrected chi connectivity index (χ4v) is 4.68. The normalized spacial score (nSPS) is 19.1. The summed E-state index contributed by atoms with van der Waals surface area (Å²) in [5.41, 5.74) is 2.76. The molecule has 0 amide bonds. The fourth-order valence-electron chi connectivity index (χ4n) is 4.21. The van der Waals surface area contributed by atoms with E-state index in [0.29, 0.717) is 54.2 Å². The van der Waals surface area contributed by atoms with Crippen LogP contribution < -0.4 is 15.2 Å². The van der Waals surface area contributed by atoms with E-state index in [0.717, 1.165) is 0 Å². The smallest absolute Gasteiger partial charge is 0.252 e. The lowest BCUT2D eigenvalue weighted by molar-refractivity contribution is -0.0279. The number of anilines is 1. The van der Waals surface area contributed by atoms with E-state index in [1.165, 1.54) is 4.57 Å². The first-order chi connectivity index (χ1) is 16.4. The van der Waals surface area contributed by atoms with Crippen molar-refractivity contribution in [3.05, 3.63) is 64.1 Å². The quantitative estimate of drug-likeness (QED) is 0.471. The van der Waals surface area contributed by atoms with Crippen LogP contribution in [0.4, 0.5) is 5.69 Å². The van der Waals surface area contributed by atoms with Gasteiger partial charge in [-0.2, -0.15) is 5.26 Å². The van der Waals surface area contributed by atoms with Crippen LogP contribution >= 0.6 is 0 Å². The molecule has 4 rings (SSSR count). The minimum atomic E-state index is -2.14. The maximum Gasteiger partial charge on any atom is 0.252 e. The molecular weight excluding hydrogens is 456 g/mol. The summed E-state index contributed by atoms with van der Waals surface area (Å²) in [6.45, 7) is 3.53. The van der Waals surface area contributed by atoms with Crippen LogP contribution in [0, 0.1) is 11.3 Å². The van der Waals surface area contributed by atoms with E-state index in [2.05, 4.69) is 16.0 Å². The monoisotopic (exact) mass is 481 g/mol. The Balaban J connectivity index is 1.58. The highest BCUT2D eigenvalue weighted by Crippen LogP contribution is 2.29. The second-order valence-corrected chi connectivity index (χ2v) is 8.98. The summed E-state index contributed by atoms with van der Waals surface area (Å²) in [4.78, 5) is 19.1. The molecule has 0 aliphatic carbocycles. The molecule has 3 heterocycles. The standard InChI is InChI=1S/C24H26N4O5S/c1-3-32-22-14-28(11-10-21(22)33-18-7-4-16(5-8-18)15-34(30)31)20-12-23(29)27(2)19-9-6-17(13-25)26-24(19)20/h4-9,12,21-22H,3,10-11,14-15H2,1-2H3,(H,30,31)/p-1/t21-,22-/m0/s1. The maximum atomic E-state index is 12.6. The number of hydrogen-bond acceptors (Lipinski definition) is 8. The van der Waals surface area contributed by atoms with Crippen molar-refractivity contribution in [3.63, 3.8) is 0 Å². The van der Waals surface area contributed by atoms with Crippen molar-refractivity contribution in [1.82, 2.24) is 9.55 Å². The topological polar surface area (TPSA) is 121 Å². The van der Waals surface area contributed by atoms with Crippen molar-refractivity contribution in [2.45, 2.75) is 31.3 Å². The number of nitrogens with zero attached hydrogens (tertiary/aromatic N) is 4. The number of pyridine rings is 2. The van der Waals surface area contributed by atoms with E-state index in [-0.39, 0.29) is 29.2 Å². The van der Waals surface area contributed by atoms with Gasteiger partial charge in [-0.3, -0.25) is 9.00 Å². The Hall–Kier alpha value is -3.26. The Morgan fingerprint density at radius 1 is 1.24 bits per heavy atom. The average molecular weight is 482 g/mol. The van der Waals surface area contributed by atoms with Gasteiger partial charge in [-0.1, -0.05) is 23.2 Å². The van der Waals surface area contributed by atoms with Crippen LogP contribution in [-0.2, 0) is 28.6 Å². The van der Waals surface area contributed by atoms with Gasteiger partial charge in [0.05, 0.1) is 11.2 Å². The molecule has 1 aromatic carbocycles. The molecule has 3 aromatic rings. The van der Waals surface area contributed by atoms with Crippen molar-refractivity contribution in [2.24, 2.45) is 7.05 Å². The number of rotatable bonds is 7. The van der Waals surface area contributed by atoms with Crippen molar-refractivity contribution in [2.75, 3.05) is 24.6 Å². The lowest BCUT2D eigenvalue weighted by Crippen LogP contribution is -2.50. The van der Waals surface area contributed by atoms with E-state index in [4.69, 9.17) is 9.47 Å². The number of benzene rings is 1. The molecule has 178 valence electrons. The lowest BCUT2D eigenvalue weighted by Gasteiger charge is -2.39. The summed E-state index contributed by atoms with van der Waals surface area (Å²) in [5.74, 6) is 0.606. The van der Waals surface area contributed by atoms with Crippen LogP contribution in [-0.4, -0.2) is 50.2 Å². The van der Waals surface area contributed by atoms with Gasteiger partial charge in [0, 0.05) is 45.0 Å². The Labute approximate surface area is 199 Å². The minimum Gasteiger partial charge on any atom is -0.772 e. The van der Waals surface area contributed by atoms with Gasteiger partial charge in [0.15, 0.2) is 0 Å². The molecule has 0 N–H and O–H groups in total. The van der Waals surface area contributed by atoms with E-state index in [1.54, 1.807) is 49.5 Å². The van der Waals surface area contributed by atoms with Crippen LogP contribution in [0.25, 0.3) is 11.0 Å². The number of fused-ring (bicyclic) bond motifs is 1. The number of hydrogen-bond donors (Lipinski definition) is 0. The predicted octanol–water partition coefficient (Wildman–Crippen LogP) is 2.25. The molecule has 9 nitrogen and oxygen atoms in total. The number of piperidine rings is 1. The van der Waals surface area contributed by atoms with Crippen LogP contribution in [0.15, 0.2) is 47.3 Å². The van der Waals surface area contributed by atoms with Crippen LogP contribution in [0.5, 0.6) is 5.75 Å². The molecule has 0 spiro atoms. The number of nitriles is 1. The van der Waals surface area contributed by atoms with Crippen molar-refractivity contribution >= 4 is 27.8 Å². The van der Waals surface area contributed by atoms with Crippen molar-refractivity contribution < 1.29 is 18.2 Å². The van der Waals surface area contributed by atoms with Gasteiger partial charge in [0.2, 0.25) is 0 Å². The molecular formula is C24H25N4O5S-. The summed E-state index contributed by atoms with van der Waals surface area (Å²) < 4.78 is 35.5. The number of aromatic nitrogens is 2. The van der Waals surface area contributed by atoms with Crippen LogP contribution in [0.3, 0.4) is 0 Å². The Morgan fingerprint density at radius 2 is 2.00 bits per heavy atom. The van der Waals surface area contributed by atoms with Crippen LogP contribution in [0.1, 0.15) is 24.6 Å². The summed E-state index contributed by atoms with van der Waals surface area (Å²) in [6.07, 6.45) is 0.174. The first-order valence-electron chi connectivity index (χ1n) is 11.0. The maximum absolute atomic E-state index is 12.6. The third kappa shape index (κ3) is 5.12. The van der Waals surface area contributed by atoms with Gasteiger partial charge in [-0.15, -0.1) is 0 Å². The second-order valence-electron chi connectivity index (χ2n) is 8.08. The first kappa shape index (κ1) is 23.9. The minimum absolute atomic E-state index is 0.0354. The molecule has 1 fully saturated rings. The van der Waals surface area contributed by atoms with Gasteiger partial charge in [0.1, 0.15) is 35.2 Å². The van der Waals surface area contributed by atoms with Gasteiger partial charge < -0.3 is 23.5 Å². The third-order valence-corrected chi connectivity index (χ3v) is 6.47. The van der Waals surface area contributed by atoms with Crippen LogP contribution in [0.2, 0.25) is 0 Å².